The molecule has 164 valence electrons. The number of nitro benzene ring substituents is 1. The van der Waals surface area contributed by atoms with Gasteiger partial charge in [-0.1, -0.05) is 18.6 Å². The average Bonchev–Trinajstić information content (AvgIpc) is 2.79. The lowest BCUT2D eigenvalue weighted by Crippen LogP contribution is -2.25. The molecule has 3 N–H and O–H groups in total. The molecule has 2 aromatic carbocycles. The quantitative estimate of drug-likeness (QED) is 0.0916. The number of carbonyl (C=O) groups excluding carboxylic acids is 2. The van der Waals surface area contributed by atoms with E-state index in [0.717, 1.165) is 16.9 Å². The third-order valence-electron chi connectivity index (χ3n) is 4.55. The minimum Gasteiger partial charge on any atom is -0.352 e. The highest BCUT2D eigenvalue weighted by molar-refractivity contribution is 7.98. The van der Waals surface area contributed by atoms with Crippen molar-refractivity contribution in [3.05, 3.63) is 69.8 Å². The van der Waals surface area contributed by atoms with Crippen molar-refractivity contribution in [1.29, 1.82) is 0 Å². The molecule has 2 amide bonds. The summed E-state index contributed by atoms with van der Waals surface area (Å²) >= 11 is 1.62. The number of benzene rings is 2. The van der Waals surface area contributed by atoms with Gasteiger partial charge in [0.1, 0.15) is 0 Å². The molecule has 0 heterocycles. The van der Waals surface area contributed by atoms with E-state index in [-0.39, 0.29) is 18.0 Å². The number of carbonyl (C=O) groups is 2. The maximum Gasteiger partial charge on any atom is 0.269 e. The molecule has 0 aromatic heterocycles. The maximum absolute atomic E-state index is 12.9. The number of hydrogen-bond donors (Lipinski definition) is 3. The zero-order valence-corrected chi connectivity index (χ0v) is 18.0. The Hall–Kier alpha value is -3.17. The fraction of sp³-hybridized carbons (Fsp3) is 0.273. The van der Waals surface area contributed by atoms with Gasteiger partial charge in [-0.05, 0) is 60.6 Å². The second-order valence-electron chi connectivity index (χ2n) is 6.74. The number of non-ortho nitro benzene ring substituents is 1. The lowest BCUT2D eigenvalue weighted by Gasteiger charge is -2.10. The van der Waals surface area contributed by atoms with Gasteiger partial charge >= 0.3 is 0 Å². The van der Waals surface area contributed by atoms with Crippen molar-refractivity contribution in [3.8, 4) is 0 Å². The summed E-state index contributed by atoms with van der Waals surface area (Å²) in [7, 11) is 0. The molecule has 31 heavy (non-hydrogen) atoms. The monoisotopic (exact) mass is 443 g/mol. The van der Waals surface area contributed by atoms with Gasteiger partial charge in [-0.3, -0.25) is 24.9 Å². The predicted molar refractivity (Wildman–Crippen MR) is 121 cm³/mol. The highest BCUT2D eigenvalue weighted by atomic mass is 32.2. The van der Waals surface area contributed by atoms with E-state index >= 15 is 0 Å². The van der Waals surface area contributed by atoms with E-state index in [1.807, 2.05) is 30.5 Å². The summed E-state index contributed by atoms with van der Waals surface area (Å²) in [5, 5.41) is 22.3. The van der Waals surface area contributed by atoms with Crippen molar-refractivity contribution in [2.45, 2.75) is 30.6 Å². The topological polar surface area (TPSA) is 122 Å². The molecule has 0 atom stereocenters. The van der Waals surface area contributed by atoms with Gasteiger partial charge < -0.3 is 5.32 Å². The van der Waals surface area contributed by atoms with Crippen LogP contribution in [0.2, 0.25) is 0 Å². The highest BCUT2D eigenvalue weighted by Gasteiger charge is 2.14. The van der Waals surface area contributed by atoms with E-state index < -0.39 is 10.8 Å². The molecular formula is C22H25N3O5S. The third-order valence-corrected chi connectivity index (χ3v) is 5.30. The van der Waals surface area contributed by atoms with Gasteiger partial charge in [-0.2, -0.15) is 0 Å². The molecule has 0 unspecified atom stereocenters. The van der Waals surface area contributed by atoms with Crippen molar-refractivity contribution >= 4 is 40.9 Å². The van der Waals surface area contributed by atoms with Gasteiger partial charge in [0, 0.05) is 35.6 Å². The predicted octanol–water partition coefficient (Wildman–Crippen LogP) is 4.04. The fourth-order valence-electron chi connectivity index (χ4n) is 2.85. The van der Waals surface area contributed by atoms with E-state index in [9.17, 15) is 19.7 Å². The van der Waals surface area contributed by atoms with Crippen LogP contribution in [0.1, 0.15) is 36.8 Å². The Morgan fingerprint density at radius 1 is 1.06 bits per heavy atom. The molecule has 0 aliphatic rings. The minimum atomic E-state index is -0.481. The molecule has 0 saturated carbocycles. The van der Waals surface area contributed by atoms with Crippen molar-refractivity contribution in [2.24, 2.45) is 0 Å². The van der Waals surface area contributed by atoms with Crippen LogP contribution in [0.15, 0.2) is 53.4 Å². The molecule has 0 aliphatic heterocycles. The van der Waals surface area contributed by atoms with Crippen molar-refractivity contribution in [1.82, 2.24) is 10.8 Å². The Kier molecular flexibility index (Phi) is 9.73. The number of hydroxylamine groups is 1. The van der Waals surface area contributed by atoms with Crippen LogP contribution >= 0.6 is 11.8 Å². The molecule has 8 nitrogen and oxygen atoms in total. The first-order valence-electron chi connectivity index (χ1n) is 9.76. The van der Waals surface area contributed by atoms with E-state index in [2.05, 4.69) is 5.32 Å². The summed E-state index contributed by atoms with van der Waals surface area (Å²) in [5.74, 6) is -0.712. The molecule has 0 radical (unpaired) electrons. The third kappa shape index (κ3) is 7.88. The molecule has 0 fully saturated rings. The molecule has 0 bridgehead atoms. The van der Waals surface area contributed by atoms with Crippen LogP contribution in [0, 0.1) is 10.1 Å². The SMILES string of the molecule is CSc1ccc(/C=C(\C(=O)NCCCCCC(=O)NO)c2ccc([N+](=O)[O-])cc2)cc1. The maximum atomic E-state index is 12.9. The van der Waals surface area contributed by atoms with Gasteiger partial charge in [0.25, 0.3) is 11.6 Å². The summed E-state index contributed by atoms with van der Waals surface area (Å²) < 4.78 is 0. The Labute approximate surface area is 184 Å². The number of hydrogen-bond acceptors (Lipinski definition) is 6. The van der Waals surface area contributed by atoms with Crippen LogP contribution in [-0.4, -0.2) is 34.7 Å². The number of rotatable bonds is 11. The van der Waals surface area contributed by atoms with Crippen LogP contribution in [0.5, 0.6) is 0 Å². The molecule has 2 rings (SSSR count). The molecule has 9 heteroatoms. The molecular weight excluding hydrogens is 418 g/mol. The van der Waals surface area contributed by atoms with Gasteiger partial charge in [0.2, 0.25) is 5.91 Å². The first-order valence-corrected chi connectivity index (χ1v) is 11.0. The van der Waals surface area contributed by atoms with Crippen LogP contribution in [0.3, 0.4) is 0 Å². The Balaban J connectivity index is 2.11. The Morgan fingerprint density at radius 3 is 2.32 bits per heavy atom. The van der Waals surface area contributed by atoms with E-state index in [1.165, 1.54) is 12.1 Å². The first kappa shape index (κ1) is 24.1. The molecule has 2 aromatic rings. The minimum absolute atomic E-state index is 0.0419. The number of unbranched alkanes of at least 4 members (excludes halogenated alkanes) is 2. The van der Waals surface area contributed by atoms with Crippen LogP contribution in [0.4, 0.5) is 5.69 Å². The van der Waals surface area contributed by atoms with Crippen LogP contribution < -0.4 is 10.8 Å². The number of nitrogens with one attached hydrogen (secondary N) is 2. The number of nitro groups is 1. The summed E-state index contributed by atoms with van der Waals surface area (Å²) in [5.41, 5.74) is 3.38. The zero-order valence-electron chi connectivity index (χ0n) is 17.2. The van der Waals surface area contributed by atoms with Crippen LogP contribution in [0.25, 0.3) is 11.6 Å². The highest BCUT2D eigenvalue weighted by Crippen LogP contribution is 2.23. The van der Waals surface area contributed by atoms with Gasteiger partial charge in [-0.25, -0.2) is 5.48 Å². The Morgan fingerprint density at radius 2 is 1.74 bits per heavy atom. The molecule has 0 aliphatic carbocycles. The summed E-state index contributed by atoms with van der Waals surface area (Å²) in [4.78, 5) is 35.4. The largest absolute Gasteiger partial charge is 0.352 e. The average molecular weight is 444 g/mol. The smallest absolute Gasteiger partial charge is 0.269 e. The van der Waals surface area contributed by atoms with Crippen LogP contribution in [-0.2, 0) is 9.59 Å². The standard InChI is InChI=1S/C22H25N3O5S/c1-31-19-12-6-16(7-13-19)15-20(17-8-10-18(11-9-17)25(29)30)22(27)23-14-4-2-3-5-21(26)24-28/h6-13,15,28H,2-5,14H2,1H3,(H,23,27)(H,24,26)/b20-15-. The number of nitrogens with zero attached hydrogens (tertiary/aromatic N) is 1. The summed E-state index contributed by atoms with van der Waals surface area (Å²) in [6.07, 6.45) is 5.98. The van der Waals surface area contributed by atoms with Gasteiger partial charge in [0.15, 0.2) is 0 Å². The van der Waals surface area contributed by atoms with E-state index in [1.54, 1.807) is 35.5 Å². The zero-order chi connectivity index (χ0) is 22.6. The lowest BCUT2D eigenvalue weighted by molar-refractivity contribution is -0.384. The van der Waals surface area contributed by atoms with E-state index in [4.69, 9.17) is 5.21 Å². The fourth-order valence-corrected chi connectivity index (χ4v) is 3.26. The second-order valence-corrected chi connectivity index (χ2v) is 7.62. The van der Waals surface area contributed by atoms with Gasteiger partial charge in [-0.15, -0.1) is 11.8 Å². The van der Waals surface area contributed by atoms with Crippen molar-refractivity contribution < 1.29 is 19.7 Å². The summed E-state index contributed by atoms with van der Waals surface area (Å²) in [6.45, 7) is 0.426. The molecule has 0 saturated heterocycles. The molecule has 0 spiro atoms. The normalized spacial score (nSPS) is 11.1. The Bertz CT molecular complexity index is 927. The lowest BCUT2D eigenvalue weighted by atomic mass is 10.0. The van der Waals surface area contributed by atoms with Gasteiger partial charge in [0.05, 0.1) is 4.92 Å². The van der Waals surface area contributed by atoms with Crippen molar-refractivity contribution in [2.75, 3.05) is 12.8 Å². The summed E-state index contributed by atoms with van der Waals surface area (Å²) in [6, 6.07) is 13.6. The number of thioether (sulfide) groups is 1. The second kappa shape index (κ2) is 12.5. The number of amides is 2. The first-order chi connectivity index (χ1) is 14.9. The van der Waals surface area contributed by atoms with Crippen molar-refractivity contribution in [3.63, 3.8) is 0 Å². The van der Waals surface area contributed by atoms with E-state index in [0.29, 0.717) is 30.5 Å².